The number of nitrogens with one attached hydrogen (secondary N) is 1. The second-order valence-corrected chi connectivity index (χ2v) is 3.75. The van der Waals surface area contributed by atoms with E-state index in [9.17, 15) is 9.18 Å². The zero-order chi connectivity index (χ0) is 11.6. The summed E-state index contributed by atoms with van der Waals surface area (Å²) in [5.41, 5.74) is -1.25. The van der Waals surface area contributed by atoms with Crippen molar-refractivity contribution in [3.63, 3.8) is 0 Å². The first-order valence-electron chi connectivity index (χ1n) is 4.02. The topological polar surface area (TPSA) is 75.1 Å². The van der Waals surface area contributed by atoms with Gasteiger partial charge in [0.25, 0.3) is 0 Å². The maximum absolute atomic E-state index is 12.7. The fraction of sp³-hybridized carbons (Fsp3) is 0.375. The van der Waals surface area contributed by atoms with E-state index in [4.69, 9.17) is 16.7 Å². The summed E-state index contributed by atoms with van der Waals surface area (Å²) >= 11 is 5.41. The zero-order valence-electron chi connectivity index (χ0n) is 8.08. The Kier molecular flexibility index (Phi) is 3.09. The van der Waals surface area contributed by atoms with E-state index in [2.05, 4.69) is 15.3 Å². The average molecular weight is 234 g/mol. The molecule has 0 aliphatic rings. The maximum atomic E-state index is 12.7. The van der Waals surface area contributed by atoms with E-state index in [1.54, 1.807) is 0 Å². The lowest BCUT2D eigenvalue weighted by Gasteiger charge is -2.20. The molecule has 15 heavy (non-hydrogen) atoms. The summed E-state index contributed by atoms with van der Waals surface area (Å²) in [5.74, 6) is -1.87. The van der Waals surface area contributed by atoms with Gasteiger partial charge in [-0.2, -0.15) is 4.98 Å². The van der Waals surface area contributed by atoms with Crippen LogP contribution in [-0.2, 0) is 4.79 Å². The molecule has 0 aliphatic heterocycles. The number of aliphatic carboxylic acids is 1. The molecular weight excluding hydrogens is 225 g/mol. The molecule has 0 radical (unpaired) electrons. The SMILES string of the molecule is CC(C)(Nc1ncc(F)c(Cl)n1)C(=O)O. The van der Waals surface area contributed by atoms with E-state index in [1.165, 1.54) is 13.8 Å². The highest BCUT2D eigenvalue weighted by molar-refractivity contribution is 6.29. The van der Waals surface area contributed by atoms with E-state index in [0.717, 1.165) is 6.20 Å². The molecule has 82 valence electrons. The second-order valence-electron chi connectivity index (χ2n) is 3.39. The molecule has 1 aromatic heterocycles. The molecule has 0 fully saturated rings. The smallest absolute Gasteiger partial charge is 0.328 e. The van der Waals surface area contributed by atoms with Crippen molar-refractivity contribution >= 4 is 23.5 Å². The van der Waals surface area contributed by atoms with Gasteiger partial charge in [0.15, 0.2) is 11.0 Å². The van der Waals surface area contributed by atoms with Gasteiger partial charge in [-0.05, 0) is 13.8 Å². The van der Waals surface area contributed by atoms with E-state index in [-0.39, 0.29) is 11.1 Å². The molecule has 1 rings (SSSR count). The molecule has 0 bridgehead atoms. The molecule has 5 nitrogen and oxygen atoms in total. The highest BCUT2D eigenvalue weighted by atomic mass is 35.5. The normalized spacial score (nSPS) is 11.2. The van der Waals surface area contributed by atoms with Crippen molar-refractivity contribution in [1.82, 2.24) is 9.97 Å². The van der Waals surface area contributed by atoms with Gasteiger partial charge < -0.3 is 10.4 Å². The van der Waals surface area contributed by atoms with Gasteiger partial charge in [0.2, 0.25) is 5.95 Å². The van der Waals surface area contributed by atoms with E-state index in [0.29, 0.717) is 0 Å². The van der Waals surface area contributed by atoms with Gasteiger partial charge >= 0.3 is 5.97 Å². The van der Waals surface area contributed by atoms with Crippen molar-refractivity contribution in [2.45, 2.75) is 19.4 Å². The first-order valence-corrected chi connectivity index (χ1v) is 4.40. The summed E-state index contributed by atoms with van der Waals surface area (Å²) in [6, 6.07) is 0. The van der Waals surface area contributed by atoms with Gasteiger partial charge in [-0.25, -0.2) is 14.2 Å². The summed E-state index contributed by atoms with van der Waals surface area (Å²) in [7, 11) is 0. The van der Waals surface area contributed by atoms with Gasteiger partial charge in [0.1, 0.15) is 5.54 Å². The van der Waals surface area contributed by atoms with Crippen LogP contribution in [0.5, 0.6) is 0 Å². The second kappa shape index (κ2) is 3.98. The maximum Gasteiger partial charge on any atom is 0.328 e. The summed E-state index contributed by atoms with van der Waals surface area (Å²) in [6.07, 6.45) is 0.871. The lowest BCUT2D eigenvalue weighted by Crippen LogP contribution is -2.40. The Morgan fingerprint density at radius 1 is 1.67 bits per heavy atom. The molecule has 0 atom stereocenters. The zero-order valence-corrected chi connectivity index (χ0v) is 8.84. The lowest BCUT2D eigenvalue weighted by atomic mass is 10.1. The minimum atomic E-state index is -1.25. The number of carbonyl (C=O) groups is 1. The largest absolute Gasteiger partial charge is 0.480 e. The number of hydrogen-bond donors (Lipinski definition) is 2. The molecule has 0 saturated heterocycles. The van der Waals surface area contributed by atoms with Crippen LogP contribution in [0.4, 0.5) is 10.3 Å². The van der Waals surface area contributed by atoms with Crippen molar-refractivity contribution < 1.29 is 14.3 Å². The van der Waals surface area contributed by atoms with Gasteiger partial charge in [-0.1, -0.05) is 11.6 Å². The lowest BCUT2D eigenvalue weighted by molar-refractivity contribution is -0.141. The molecule has 1 heterocycles. The average Bonchev–Trinajstić information content (AvgIpc) is 2.10. The molecule has 0 saturated carbocycles. The van der Waals surface area contributed by atoms with Crippen molar-refractivity contribution in [2.24, 2.45) is 0 Å². The number of halogens is 2. The summed E-state index contributed by atoms with van der Waals surface area (Å²) in [5, 5.41) is 11.0. The van der Waals surface area contributed by atoms with E-state index in [1.807, 2.05) is 0 Å². The van der Waals surface area contributed by atoms with E-state index >= 15 is 0 Å². The number of nitrogens with zero attached hydrogens (tertiary/aromatic N) is 2. The predicted molar refractivity (Wildman–Crippen MR) is 52.3 cm³/mol. The Morgan fingerprint density at radius 3 is 2.73 bits per heavy atom. The Morgan fingerprint density at radius 2 is 2.27 bits per heavy atom. The Hall–Kier alpha value is -1.43. The molecule has 2 N–H and O–H groups in total. The van der Waals surface area contributed by atoms with Gasteiger partial charge in [-0.3, -0.25) is 0 Å². The number of carboxylic acids is 1. The molecular formula is C8H9ClFN3O2. The number of rotatable bonds is 3. The summed E-state index contributed by atoms with van der Waals surface area (Å²) < 4.78 is 12.7. The van der Waals surface area contributed by atoms with Crippen LogP contribution in [0.1, 0.15) is 13.8 Å². The first-order chi connectivity index (χ1) is 6.83. The fourth-order valence-corrected chi connectivity index (χ4v) is 0.868. The Balaban J connectivity index is 2.91. The van der Waals surface area contributed by atoms with Crippen LogP contribution in [0, 0.1) is 5.82 Å². The van der Waals surface area contributed by atoms with Crippen LogP contribution < -0.4 is 5.32 Å². The van der Waals surface area contributed by atoms with Gasteiger partial charge in [0, 0.05) is 0 Å². The third-order valence-corrected chi connectivity index (χ3v) is 1.93. The monoisotopic (exact) mass is 233 g/mol. The highest BCUT2D eigenvalue weighted by Gasteiger charge is 2.27. The molecule has 0 amide bonds. The molecule has 0 unspecified atom stereocenters. The predicted octanol–water partition coefficient (Wildman–Crippen LogP) is 1.54. The number of hydrogen-bond acceptors (Lipinski definition) is 4. The van der Waals surface area contributed by atoms with Crippen molar-refractivity contribution in [3.8, 4) is 0 Å². The Labute approximate surface area is 90.3 Å². The van der Waals surface area contributed by atoms with E-state index < -0.39 is 17.3 Å². The highest BCUT2D eigenvalue weighted by Crippen LogP contribution is 2.15. The van der Waals surface area contributed by atoms with Crippen molar-refractivity contribution in [3.05, 3.63) is 17.2 Å². The van der Waals surface area contributed by atoms with Crippen LogP contribution >= 0.6 is 11.6 Å². The van der Waals surface area contributed by atoms with Gasteiger partial charge in [0.05, 0.1) is 6.20 Å². The number of carboxylic acid groups (broad SMARTS) is 1. The minimum absolute atomic E-state index is 0.0335. The third-order valence-electron chi connectivity index (χ3n) is 1.66. The van der Waals surface area contributed by atoms with Crippen LogP contribution in [0.15, 0.2) is 6.20 Å². The Bertz CT molecular complexity index is 397. The molecule has 1 aromatic rings. The van der Waals surface area contributed by atoms with Crippen LogP contribution in [0.25, 0.3) is 0 Å². The fourth-order valence-electron chi connectivity index (χ4n) is 0.740. The summed E-state index contributed by atoms with van der Waals surface area (Å²) in [6.45, 7) is 2.85. The van der Waals surface area contributed by atoms with Crippen molar-refractivity contribution in [1.29, 1.82) is 0 Å². The number of aromatic nitrogens is 2. The molecule has 0 spiro atoms. The minimum Gasteiger partial charge on any atom is -0.480 e. The van der Waals surface area contributed by atoms with Crippen LogP contribution in [-0.4, -0.2) is 26.6 Å². The standard InChI is InChI=1S/C8H9ClFN3O2/c1-8(2,6(14)15)13-7-11-3-4(10)5(9)12-7/h3H,1-2H3,(H,14,15)(H,11,12,13). The van der Waals surface area contributed by atoms with Crippen LogP contribution in [0.2, 0.25) is 5.15 Å². The molecule has 0 aliphatic carbocycles. The number of anilines is 1. The first kappa shape index (κ1) is 11.6. The summed E-state index contributed by atoms with van der Waals surface area (Å²) in [4.78, 5) is 17.9. The quantitative estimate of drug-likeness (QED) is 0.775. The molecule has 7 heteroatoms. The van der Waals surface area contributed by atoms with Crippen LogP contribution in [0.3, 0.4) is 0 Å². The third kappa shape index (κ3) is 2.76. The van der Waals surface area contributed by atoms with Gasteiger partial charge in [-0.15, -0.1) is 0 Å². The molecule has 0 aromatic carbocycles. The van der Waals surface area contributed by atoms with Crippen molar-refractivity contribution in [2.75, 3.05) is 5.32 Å².